The maximum absolute atomic E-state index is 12.3. The summed E-state index contributed by atoms with van der Waals surface area (Å²) >= 11 is 0. The van der Waals surface area contributed by atoms with Crippen LogP contribution in [0, 0.1) is 20.8 Å². The number of pyridine rings is 1. The van der Waals surface area contributed by atoms with E-state index in [0.29, 0.717) is 23.3 Å². The SMILES string of the molecule is CCCS(=O)(=O)Nc1nc(Oc2ccc(C)cc2C)nc(-c2cc(C)c(=O)n(C)c2)n1. The van der Waals surface area contributed by atoms with Crippen LogP contribution in [0.5, 0.6) is 11.8 Å². The van der Waals surface area contributed by atoms with Crippen molar-refractivity contribution in [1.82, 2.24) is 19.5 Å². The minimum Gasteiger partial charge on any atom is -0.424 e. The first-order valence-electron chi connectivity index (χ1n) is 9.77. The van der Waals surface area contributed by atoms with E-state index in [4.69, 9.17) is 4.74 Å². The van der Waals surface area contributed by atoms with Crippen LogP contribution in [-0.4, -0.2) is 33.7 Å². The van der Waals surface area contributed by atoms with Gasteiger partial charge < -0.3 is 9.30 Å². The van der Waals surface area contributed by atoms with Gasteiger partial charge in [-0.25, -0.2) is 8.42 Å². The summed E-state index contributed by atoms with van der Waals surface area (Å²) in [4.78, 5) is 24.8. The molecule has 1 N–H and O–H groups in total. The Balaban J connectivity index is 2.10. The molecule has 3 rings (SSSR count). The number of ether oxygens (including phenoxy) is 1. The highest BCUT2D eigenvalue weighted by Gasteiger charge is 2.17. The minimum atomic E-state index is -3.62. The second-order valence-corrected chi connectivity index (χ2v) is 9.23. The lowest BCUT2D eigenvalue weighted by molar-refractivity contribution is 0.438. The predicted molar refractivity (Wildman–Crippen MR) is 119 cm³/mol. The molecule has 164 valence electrons. The van der Waals surface area contributed by atoms with E-state index < -0.39 is 10.0 Å². The Morgan fingerprint density at radius 2 is 1.81 bits per heavy atom. The van der Waals surface area contributed by atoms with Crippen molar-refractivity contribution < 1.29 is 13.2 Å². The average molecular weight is 444 g/mol. The monoisotopic (exact) mass is 443 g/mol. The van der Waals surface area contributed by atoms with Crippen LogP contribution in [0.2, 0.25) is 0 Å². The van der Waals surface area contributed by atoms with E-state index in [9.17, 15) is 13.2 Å². The molecular weight excluding hydrogens is 418 g/mol. The molecule has 31 heavy (non-hydrogen) atoms. The third-order valence-electron chi connectivity index (χ3n) is 4.49. The molecule has 0 unspecified atom stereocenters. The topological polar surface area (TPSA) is 116 Å². The molecule has 1 aromatic carbocycles. The van der Waals surface area contributed by atoms with E-state index in [1.165, 1.54) is 4.57 Å². The fourth-order valence-corrected chi connectivity index (χ4v) is 4.06. The molecular formula is C21H25N5O4S. The number of rotatable bonds is 7. The Kier molecular flexibility index (Phi) is 6.40. The zero-order valence-electron chi connectivity index (χ0n) is 18.1. The van der Waals surface area contributed by atoms with Crippen molar-refractivity contribution in [2.24, 2.45) is 7.05 Å². The molecule has 0 fully saturated rings. The van der Waals surface area contributed by atoms with Crippen LogP contribution in [0.3, 0.4) is 0 Å². The average Bonchev–Trinajstić information content (AvgIpc) is 2.67. The molecule has 0 aliphatic heterocycles. The standard InChI is InChI=1S/C21H25N5O4S/c1-6-9-31(28,29)25-20-22-18(16-11-15(4)19(27)26(5)12-16)23-21(24-20)30-17-8-7-13(2)10-14(17)3/h7-8,10-12H,6,9H2,1-5H3,(H,22,23,24,25). The number of aromatic nitrogens is 4. The van der Waals surface area contributed by atoms with Crippen molar-refractivity contribution in [1.29, 1.82) is 0 Å². The van der Waals surface area contributed by atoms with Crippen molar-refractivity contribution in [3.8, 4) is 23.1 Å². The molecule has 0 amide bonds. The van der Waals surface area contributed by atoms with Crippen LogP contribution in [0.1, 0.15) is 30.0 Å². The van der Waals surface area contributed by atoms with Crippen molar-refractivity contribution in [3.05, 3.63) is 57.5 Å². The Morgan fingerprint density at radius 3 is 2.45 bits per heavy atom. The van der Waals surface area contributed by atoms with Crippen molar-refractivity contribution in [2.75, 3.05) is 10.5 Å². The third kappa shape index (κ3) is 5.46. The fraction of sp³-hybridized carbons (Fsp3) is 0.333. The van der Waals surface area contributed by atoms with Crippen LogP contribution < -0.4 is 15.0 Å². The summed E-state index contributed by atoms with van der Waals surface area (Å²) in [6, 6.07) is 7.23. The number of hydrogen-bond donors (Lipinski definition) is 1. The number of hydrogen-bond acceptors (Lipinski definition) is 7. The van der Waals surface area contributed by atoms with Crippen LogP contribution in [0.15, 0.2) is 35.3 Å². The molecule has 0 radical (unpaired) electrons. The maximum Gasteiger partial charge on any atom is 0.327 e. The highest BCUT2D eigenvalue weighted by molar-refractivity contribution is 7.92. The molecule has 10 heteroatoms. The summed E-state index contributed by atoms with van der Waals surface area (Å²) in [6.07, 6.45) is 2.02. The lowest BCUT2D eigenvalue weighted by Crippen LogP contribution is -2.20. The highest BCUT2D eigenvalue weighted by Crippen LogP contribution is 2.26. The molecule has 0 atom stereocenters. The second-order valence-electron chi connectivity index (χ2n) is 7.38. The van der Waals surface area contributed by atoms with Crippen molar-refractivity contribution in [2.45, 2.75) is 34.1 Å². The largest absolute Gasteiger partial charge is 0.424 e. The zero-order valence-corrected chi connectivity index (χ0v) is 18.9. The first-order chi connectivity index (χ1) is 14.6. The first-order valence-corrected chi connectivity index (χ1v) is 11.4. The van der Waals surface area contributed by atoms with E-state index in [0.717, 1.165) is 11.1 Å². The Bertz CT molecular complexity index is 1260. The van der Waals surface area contributed by atoms with Crippen LogP contribution in [-0.2, 0) is 17.1 Å². The van der Waals surface area contributed by atoms with E-state index in [-0.39, 0.29) is 29.1 Å². The molecule has 0 saturated heterocycles. The number of benzene rings is 1. The molecule has 0 spiro atoms. The van der Waals surface area contributed by atoms with Gasteiger partial charge in [0.15, 0.2) is 5.82 Å². The normalized spacial score (nSPS) is 11.4. The molecule has 0 aliphatic rings. The van der Waals surface area contributed by atoms with Gasteiger partial charge in [0.25, 0.3) is 5.56 Å². The predicted octanol–water partition coefficient (Wildman–Crippen LogP) is 3.11. The van der Waals surface area contributed by atoms with Gasteiger partial charge in [-0.3, -0.25) is 9.52 Å². The highest BCUT2D eigenvalue weighted by atomic mass is 32.2. The number of nitrogens with one attached hydrogen (secondary N) is 1. The first kappa shape index (κ1) is 22.4. The Labute approximate surface area is 181 Å². The molecule has 0 bridgehead atoms. The van der Waals surface area contributed by atoms with Crippen LogP contribution in [0.25, 0.3) is 11.4 Å². The van der Waals surface area contributed by atoms with Gasteiger partial charge in [-0.05, 0) is 44.9 Å². The van der Waals surface area contributed by atoms with Crippen molar-refractivity contribution in [3.63, 3.8) is 0 Å². The Hall–Kier alpha value is -3.27. The number of anilines is 1. The van der Waals surface area contributed by atoms with Gasteiger partial charge in [0, 0.05) is 24.4 Å². The van der Waals surface area contributed by atoms with E-state index in [2.05, 4.69) is 19.7 Å². The Morgan fingerprint density at radius 1 is 1.06 bits per heavy atom. The van der Waals surface area contributed by atoms with Gasteiger partial charge in [-0.2, -0.15) is 15.0 Å². The van der Waals surface area contributed by atoms with Gasteiger partial charge in [-0.1, -0.05) is 24.6 Å². The van der Waals surface area contributed by atoms with E-state index in [1.807, 2.05) is 26.0 Å². The summed E-state index contributed by atoms with van der Waals surface area (Å²) in [7, 11) is -2.00. The number of nitrogens with zero attached hydrogens (tertiary/aromatic N) is 4. The van der Waals surface area contributed by atoms with Gasteiger partial charge in [0.05, 0.1) is 5.75 Å². The second kappa shape index (κ2) is 8.84. The van der Waals surface area contributed by atoms with E-state index >= 15 is 0 Å². The van der Waals surface area contributed by atoms with Gasteiger partial charge >= 0.3 is 6.01 Å². The summed E-state index contributed by atoms with van der Waals surface area (Å²) < 4.78 is 34.2. The maximum atomic E-state index is 12.3. The summed E-state index contributed by atoms with van der Waals surface area (Å²) in [5, 5.41) is 0. The summed E-state index contributed by atoms with van der Waals surface area (Å²) in [6.45, 7) is 7.32. The lowest BCUT2D eigenvalue weighted by atomic mass is 10.1. The van der Waals surface area contributed by atoms with Crippen molar-refractivity contribution >= 4 is 16.0 Å². The van der Waals surface area contributed by atoms with Crippen LogP contribution in [0.4, 0.5) is 5.95 Å². The molecule has 3 aromatic rings. The third-order valence-corrected chi connectivity index (χ3v) is 5.93. The molecule has 2 aromatic heterocycles. The smallest absolute Gasteiger partial charge is 0.327 e. The molecule has 2 heterocycles. The minimum absolute atomic E-state index is 0.0577. The number of aryl methyl sites for hydroxylation is 4. The summed E-state index contributed by atoms with van der Waals surface area (Å²) in [5.74, 6) is 0.509. The van der Waals surface area contributed by atoms with Gasteiger partial charge in [-0.15, -0.1) is 0 Å². The van der Waals surface area contributed by atoms with Gasteiger partial charge in [0.1, 0.15) is 5.75 Å². The quantitative estimate of drug-likeness (QED) is 0.596. The zero-order chi connectivity index (χ0) is 22.8. The lowest BCUT2D eigenvalue weighted by Gasteiger charge is -2.12. The van der Waals surface area contributed by atoms with Gasteiger partial charge in [0.2, 0.25) is 16.0 Å². The fourth-order valence-electron chi connectivity index (χ4n) is 3.05. The molecule has 9 nitrogen and oxygen atoms in total. The number of sulfonamides is 1. The summed E-state index contributed by atoms with van der Waals surface area (Å²) in [5.41, 5.74) is 2.85. The van der Waals surface area contributed by atoms with Crippen LogP contribution >= 0.6 is 0 Å². The van der Waals surface area contributed by atoms with E-state index in [1.54, 1.807) is 39.2 Å². The molecule has 0 aliphatic carbocycles. The molecule has 0 saturated carbocycles.